The van der Waals surface area contributed by atoms with E-state index < -0.39 is 17.5 Å². The highest BCUT2D eigenvalue weighted by atomic mass is 16.6. The number of ether oxygens (including phenoxy) is 1. The van der Waals surface area contributed by atoms with Gasteiger partial charge in [-0.3, -0.25) is 10.1 Å². The first-order chi connectivity index (χ1) is 17.0. The molecular formula is C29H26N2O4. The van der Waals surface area contributed by atoms with E-state index in [9.17, 15) is 14.7 Å². The number of carboxylic acids is 1. The number of hydrogen-bond acceptors (Lipinski definition) is 3. The molecule has 3 aromatic carbocycles. The highest BCUT2D eigenvalue weighted by Crippen LogP contribution is 2.48. The molecule has 176 valence electrons. The van der Waals surface area contributed by atoms with Crippen molar-refractivity contribution in [1.82, 2.24) is 4.98 Å². The fourth-order valence-electron chi connectivity index (χ4n) is 4.37. The van der Waals surface area contributed by atoms with E-state index in [1.165, 1.54) is 0 Å². The lowest BCUT2D eigenvalue weighted by atomic mass is 9.93. The number of hydrogen-bond donors (Lipinski definition) is 3. The van der Waals surface area contributed by atoms with Crippen molar-refractivity contribution in [1.29, 1.82) is 0 Å². The average Bonchev–Trinajstić information content (AvgIpc) is 3.58. The number of nitrogens with one attached hydrogen (secondary N) is 2. The normalized spacial score (nSPS) is 14.7. The van der Waals surface area contributed by atoms with Crippen LogP contribution < -0.4 is 5.32 Å². The predicted molar refractivity (Wildman–Crippen MR) is 135 cm³/mol. The Balaban J connectivity index is 1.27. The lowest BCUT2D eigenvalue weighted by Crippen LogP contribution is -2.19. The van der Waals surface area contributed by atoms with Gasteiger partial charge in [0.1, 0.15) is 11.9 Å². The van der Waals surface area contributed by atoms with E-state index in [-0.39, 0.29) is 6.10 Å². The Morgan fingerprint density at radius 1 is 0.886 bits per heavy atom. The molecule has 0 spiro atoms. The van der Waals surface area contributed by atoms with Crippen LogP contribution in [0, 0.1) is 0 Å². The van der Waals surface area contributed by atoms with Crippen molar-refractivity contribution < 1.29 is 19.4 Å². The summed E-state index contributed by atoms with van der Waals surface area (Å²) in [5, 5.41) is 12.3. The molecule has 0 bridgehead atoms. The maximum absolute atomic E-state index is 12.5. The predicted octanol–water partition coefficient (Wildman–Crippen LogP) is 6.77. The van der Waals surface area contributed by atoms with E-state index in [4.69, 9.17) is 4.74 Å². The molecule has 35 heavy (non-hydrogen) atoms. The Morgan fingerprint density at radius 3 is 2.09 bits per heavy atom. The molecule has 1 unspecified atom stereocenters. The molecule has 1 heterocycles. The average molecular weight is 467 g/mol. The first kappa shape index (κ1) is 22.5. The number of aromatic amines is 1. The molecule has 0 radical (unpaired) electrons. The third-order valence-electron chi connectivity index (χ3n) is 6.65. The number of H-pyrrole nitrogens is 1. The van der Waals surface area contributed by atoms with Gasteiger partial charge in [-0.1, -0.05) is 78.9 Å². The van der Waals surface area contributed by atoms with E-state index in [0.717, 1.165) is 33.4 Å². The molecule has 1 fully saturated rings. The molecule has 5 rings (SSSR count). The largest absolute Gasteiger partial charge is 0.481 e. The van der Waals surface area contributed by atoms with Gasteiger partial charge in [0, 0.05) is 11.8 Å². The smallest absolute Gasteiger partial charge is 0.413 e. The van der Waals surface area contributed by atoms with E-state index in [1.807, 2.05) is 91.9 Å². The number of anilines is 1. The van der Waals surface area contributed by atoms with Gasteiger partial charge in [0.2, 0.25) is 0 Å². The number of aromatic nitrogens is 1. The van der Waals surface area contributed by atoms with Crippen LogP contribution in [-0.2, 0) is 14.9 Å². The van der Waals surface area contributed by atoms with Gasteiger partial charge in [-0.25, -0.2) is 4.79 Å². The summed E-state index contributed by atoms with van der Waals surface area (Å²) in [6, 6.07) is 27.3. The Bertz CT molecular complexity index is 1340. The molecule has 1 atom stereocenters. The van der Waals surface area contributed by atoms with Crippen LogP contribution in [0.5, 0.6) is 0 Å². The second-order valence-electron chi connectivity index (χ2n) is 8.89. The van der Waals surface area contributed by atoms with Crippen LogP contribution in [0.25, 0.3) is 22.3 Å². The first-order valence-corrected chi connectivity index (χ1v) is 11.6. The van der Waals surface area contributed by atoms with Gasteiger partial charge >= 0.3 is 12.1 Å². The third kappa shape index (κ3) is 4.55. The summed E-state index contributed by atoms with van der Waals surface area (Å²) >= 11 is 0. The second-order valence-corrected chi connectivity index (χ2v) is 8.89. The van der Waals surface area contributed by atoms with E-state index in [0.29, 0.717) is 18.7 Å². The first-order valence-electron chi connectivity index (χ1n) is 11.6. The zero-order valence-electron chi connectivity index (χ0n) is 19.3. The highest BCUT2D eigenvalue weighted by molar-refractivity contribution is 5.90. The monoisotopic (exact) mass is 466 g/mol. The molecule has 3 N–H and O–H groups in total. The molecule has 6 nitrogen and oxygen atoms in total. The Labute approximate surface area is 203 Å². The summed E-state index contributed by atoms with van der Waals surface area (Å²) < 4.78 is 5.52. The summed E-state index contributed by atoms with van der Waals surface area (Å²) in [6.45, 7) is 1.84. The van der Waals surface area contributed by atoms with Crippen LogP contribution in [0.15, 0.2) is 91.1 Å². The quantitative estimate of drug-likeness (QED) is 0.280. The summed E-state index contributed by atoms with van der Waals surface area (Å²) in [4.78, 5) is 27.1. The number of carbonyl (C=O) groups is 2. The van der Waals surface area contributed by atoms with E-state index >= 15 is 0 Å². The number of amides is 1. The SMILES string of the molecule is CC(OC(=O)Nc1[nH]ccc1-c1ccc(-c2ccc(C3(C(=O)O)CC3)cc2)cc1)c1ccccc1. The van der Waals surface area contributed by atoms with Crippen LogP contribution in [0.1, 0.15) is 37.0 Å². The molecule has 1 aliphatic rings. The van der Waals surface area contributed by atoms with Gasteiger partial charge in [-0.2, -0.15) is 0 Å². The summed E-state index contributed by atoms with van der Waals surface area (Å²) in [5.41, 5.74) is 4.94. The summed E-state index contributed by atoms with van der Waals surface area (Å²) in [7, 11) is 0. The van der Waals surface area contributed by atoms with Gasteiger partial charge in [-0.15, -0.1) is 0 Å². The van der Waals surface area contributed by atoms with Crippen LogP contribution in [0.3, 0.4) is 0 Å². The Kier molecular flexibility index (Phi) is 5.87. The molecular weight excluding hydrogens is 440 g/mol. The molecule has 1 amide bonds. The maximum atomic E-state index is 12.5. The molecule has 1 saturated carbocycles. The van der Waals surface area contributed by atoms with E-state index in [1.54, 1.807) is 6.20 Å². The van der Waals surface area contributed by atoms with Gasteiger partial charge in [-0.05, 0) is 53.6 Å². The molecule has 6 heteroatoms. The molecule has 0 saturated heterocycles. The van der Waals surface area contributed by atoms with Crippen LogP contribution in [0.2, 0.25) is 0 Å². The number of carboxylic acid groups (broad SMARTS) is 1. The van der Waals surface area contributed by atoms with Crippen molar-refractivity contribution in [2.45, 2.75) is 31.3 Å². The standard InChI is InChI=1S/C29H26N2O4/c1-19(20-5-3-2-4-6-20)35-28(34)31-26-25(15-18-30-26)23-9-7-21(8-10-23)22-11-13-24(14-12-22)29(16-17-29)27(32)33/h2-15,18-19,30H,16-17H2,1H3,(H,31,34)(H,32,33). The fourth-order valence-corrected chi connectivity index (χ4v) is 4.37. The van der Waals surface area contributed by atoms with Crippen molar-refractivity contribution in [3.05, 3.63) is 102 Å². The third-order valence-corrected chi connectivity index (χ3v) is 6.65. The zero-order valence-corrected chi connectivity index (χ0v) is 19.3. The minimum atomic E-state index is -0.746. The van der Waals surface area contributed by atoms with Crippen LogP contribution in [-0.4, -0.2) is 22.2 Å². The molecule has 0 aliphatic heterocycles. The van der Waals surface area contributed by atoms with Crippen LogP contribution >= 0.6 is 0 Å². The lowest BCUT2D eigenvalue weighted by molar-refractivity contribution is -0.140. The van der Waals surface area contributed by atoms with Crippen LogP contribution in [0.4, 0.5) is 10.6 Å². The summed E-state index contributed by atoms with van der Waals surface area (Å²) in [5.74, 6) is -0.181. The highest BCUT2D eigenvalue weighted by Gasteiger charge is 2.51. The Hall–Kier alpha value is -4.32. The van der Waals surface area contributed by atoms with Gasteiger partial charge < -0.3 is 14.8 Å². The van der Waals surface area contributed by atoms with Crippen molar-refractivity contribution in [3.8, 4) is 22.3 Å². The van der Waals surface area contributed by atoms with Gasteiger partial charge in [0.15, 0.2) is 0 Å². The minimum Gasteiger partial charge on any atom is -0.481 e. The summed E-state index contributed by atoms with van der Waals surface area (Å²) in [6.07, 6.45) is 2.26. The molecule has 4 aromatic rings. The number of aliphatic carboxylic acids is 1. The maximum Gasteiger partial charge on any atom is 0.413 e. The van der Waals surface area contributed by atoms with Gasteiger partial charge in [0.05, 0.1) is 5.41 Å². The Morgan fingerprint density at radius 2 is 1.49 bits per heavy atom. The number of rotatable bonds is 7. The number of carbonyl (C=O) groups excluding carboxylic acids is 1. The van der Waals surface area contributed by atoms with Gasteiger partial charge in [0.25, 0.3) is 0 Å². The second kappa shape index (κ2) is 9.14. The van der Waals surface area contributed by atoms with Crippen molar-refractivity contribution in [3.63, 3.8) is 0 Å². The van der Waals surface area contributed by atoms with Crippen molar-refractivity contribution >= 4 is 17.9 Å². The minimum absolute atomic E-state index is 0.370. The lowest BCUT2D eigenvalue weighted by Gasteiger charge is -2.14. The zero-order chi connectivity index (χ0) is 24.4. The topological polar surface area (TPSA) is 91.4 Å². The molecule has 1 aliphatic carbocycles. The number of benzene rings is 3. The fraction of sp³-hybridized carbons (Fsp3) is 0.172. The van der Waals surface area contributed by atoms with Crippen molar-refractivity contribution in [2.24, 2.45) is 0 Å². The molecule has 1 aromatic heterocycles. The van der Waals surface area contributed by atoms with Crippen molar-refractivity contribution in [2.75, 3.05) is 5.32 Å². The van der Waals surface area contributed by atoms with E-state index in [2.05, 4.69) is 10.3 Å².